The number of aryl methyl sites for hydroxylation is 2. The van der Waals surface area contributed by atoms with E-state index in [1.807, 2.05) is 0 Å². The van der Waals surface area contributed by atoms with Gasteiger partial charge < -0.3 is 19.7 Å². The van der Waals surface area contributed by atoms with Crippen molar-refractivity contribution in [2.45, 2.75) is 25.7 Å². The predicted molar refractivity (Wildman–Crippen MR) is 71.5 cm³/mol. The molecule has 0 aliphatic heterocycles. The van der Waals surface area contributed by atoms with Crippen LogP contribution in [0.3, 0.4) is 0 Å². The third-order valence-electron chi connectivity index (χ3n) is 2.90. The van der Waals surface area contributed by atoms with Crippen molar-refractivity contribution in [1.29, 1.82) is 0 Å². The zero-order chi connectivity index (χ0) is 15.1. The number of benzene rings is 1. The highest BCUT2D eigenvalue weighted by Gasteiger charge is 2.13. The Labute approximate surface area is 116 Å². The van der Waals surface area contributed by atoms with Crippen LogP contribution in [0.25, 0.3) is 0 Å². The number of hydrogen-bond donors (Lipinski definition) is 2. The summed E-state index contributed by atoms with van der Waals surface area (Å²) in [7, 11) is 2.99. The standard InChI is InChI=1S/C14H18O6/c1-19-11-7-10(4-6-14(17)18)12(20-2)8-9(11)3-5-13(15)16/h7-8H,3-6H2,1-2H3,(H,15,16)(H,17,18). The fourth-order valence-corrected chi connectivity index (χ4v) is 1.90. The number of carbonyl (C=O) groups is 2. The van der Waals surface area contributed by atoms with Crippen LogP contribution in [0.15, 0.2) is 12.1 Å². The first-order chi connectivity index (χ1) is 9.47. The smallest absolute Gasteiger partial charge is 0.303 e. The lowest BCUT2D eigenvalue weighted by Crippen LogP contribution is -2.04. The summed E-state index contributed by atoms with van der Waals surface area (Å²) in [6, 6.07) is 3.41. The van der Waals surface area contributed by atoms with Crippen molar-refractivity contribution in [1.82, 2.24) is 0 Å². The van der Waals surface area contributed by atoms with E-state index in [4.69, 9.17) is 19.7 Å². The van der Waals surface area contributed by atoms with Gasteiger partial charge in [-0.3, -0.25) is 9.59 Å². The molecule has 0 radical (unpaired) electrons. The summed E-state index contributed by atoms with van der Waals surface area (Å²) < 4.78 is 10.5. The van der Waals surface area contributed by atoms with Gasteiger partial charge in [0, 0.05) is 12.8 Å². The minimum Gasteiger partial charge on any atom is -0.496 e. The minimum atomic E-state index is -0.888. The normalized spacial score (nSPS) is 10.1. The second-order valence-corrected chi connectivity index (χ2v) is 4.26. The number of hydrogen-bond acceptors (Lipinski definition) is 4. The highest BCUT2D eigenvalue weighted by Crippen LogP contribution is 2.30. The van der Waals surface area contributed by atoms with Crippen LogP contribution in [0.4, 0.5) is 0 Å². The second kappa shape index (κ2) is 7.37. The van der Waals surface area contributed by atoms with E-state index in [0.717, 1.165) is 11.1 Å². The molecular formula is C14H18O6. The lowest BCUT2D eigenvalue weighted by Gasteiger charge is -2.14. The van der Waals surface area contributed by atoms with E-state index in [2.05, 4.69) is 0 Å². The van der Waals surface area contributed by atoms with Crippen molar-refractivity contribution in [3.8, 4) is 11.5 Å². The van der Waals surface area contributed by atoms with E-state index >= 15 is 0 Å². The summed E-state index contributed by atoms with van der Waals surface area (Å²) in [4.78, 5) is 21.3. The molecule has 0 aliphatic carbocycles. The largest absolute Gasteiger partial charge is 0.496 e. The van der Waals surface area contributed by atoms with E-state index in [9.17, 15) is 9.59 Å². The van der Waals surface area contributed by atoms with Gasteiger partial charge in [-0.05, 0) is 36.1 Å². The first-order valence-corrected chi connectivity index (χ1v) is 6.15. The number of carboxylic acid groups (broad SMARTS) is 2. The lowest BCUT2D eigenvalue weighted by molar-refractivity contribution is -0.138. The number of methoxy groups -OCH3 is 2. The molecule has 110 valence electrons. The minimum absolute atomic E-state index is 0.00597. The van der Waals surface area contributed by atoms with Crippen molar-refractivity contribution in [3.63, 3.8) is 0 Å². The molecule has 0 fully saturated rings. The molecule has 0 spiro atoms. The highest BCUT2D eigenvalue weighted by atomic mass is 16.5. The fraction of sp³-hybridized carbons (Fsp3) is 0.429. The van der Waals surface area contributed by atoms with Gasteiger partial charge in [0.2, 0.25) is 0 Å². The molecule has 6 heteroatoms. The molecule has 1 aromatic rings. The van der Waals surface area contributed by atoms with Crippen LogP contribution in [0.1, 0.15) is 24.0 Å². The summed E-state index contributed by atoms with van der Waals surface area (Å²) in [6.45, 7) is 0. The quantitative estimate of drug-likeness (QED) is 0.754. The molecular weight excluding hydrogens is 264 g/mol. The summed E-state index contributed by atoms with van der Waals surface area (Å²) in [5.74, 6) is -0.679. The molecule has 0 heterocycles. The molecule has 0 bridgehead atoms. The van der Waals surface area contributed by atoms with E-state index in [0.29, 0.717) is 24.3 Å². The van der Waals surface area contributed by atoms with E-state index in [-0.39, 0.29) is 12.8 Å². The Bertz CT molecular complexity index is 449. The Morgan fingerprint density at radius 3 is 1.50 bits per heavy atom. The van der Waals surface area contributed by atoms with Crippen molar-refractivity contribution in [2.75, 3.05) is 14.2 Å². The zero-order valence-corrected chi connectivity index (χ0v) is 11.5. The maximum absolute atomic E-state index is 10.6. The number of carboxylic acids is 2. The molecule has 0 unspecified atom stereocenters. The lowest BCUT2D eigenvalue weighted by atomic mass is 10.0. The Balaban J connectivity index is 3.02. The highest BCUT2D eigenvalue weighted by molar-refractivity contribution is 5.68. The SMILES string of the molecule is COc1cc(CCC(=O)O)c(OC)cc1CCC(=O)O. The fourth-order valence-electron chi connectivity index (χ4n) is 1.90. The van der Waals surface area contributed by atoms with E-state index in [1.54, 1.807) is 12.1 Å². The molecule has 0 atom stereocenters. The number of ether oxygens (including phenoxy) is 2. The van der Waals surface area contributed by atoms with Crippen LogP contribution in [0, 0.1) is 0 Å². The molecule has 2 N–H and O–H groups in total. The molecule has 0 aliphatic rings. The average Bonchev–Trinajstić information content (AvgIpc) is 2.42. The van der Waals surface area contributed by atoms with Crippen LogP contribution < -0.4 is 9.47 Å². The molecule has 0 saturated heterocycles. The van der Waals surface area contributed by atoms with Gasteiger partial charge in [-0.15, -0.1) is 0 Å². The molecule has 20 heavy (non-hydrogen) atoms. The monoisotopic (exact) mass is 282 g/mol. The van der Waals surface area contributed by atoms with Crippen molar-refractivity contribution >= 4 is 11.9 Å². The van der Waals surface area contributed by atoms with Crippen LogP contribution in [0.2, 0.25) is 0 Å². The van der Waals surface area contributed by atoms with Gasteiger partial charge >= 0.3 is 11.9 Å². The van der Waals surface area contributed by atoms with Gasteiger partial charge in [-0.2, -0.15) is 0 Å². The summed E-state index contributed by atoms with van der Waals surface area (Å²) in [5, 5.41) is 17.5. The average molecular weight is 282 g/mol. The Morgan fingerprint density at radius 1 is 0.900 bits per heavy atom. The molecule has 0 amide bonds. The van der Waals surface area contributed by atoms with Gasteiger partial charge in [-0.25, -0.2) is 0 Å². The Kier molecular flexibility index (Phi) is 5.83. The summed E-state index contributed by atoms with van der Waals surface area (Å²) in [5.41, 5.74) is 1.46. The first-order valence-electron chi connectivity index (χ1n) is 6.15. The third kappa shape index (κ3) is 4.46. The molecule has 6 nitrogen and oxygen atoms in total. The molecule has 1 aromatic carbocycles. The Morgan fingerprint density at radius 2 is 1.25 bits per heavy atom. The van der Waals surface area contributed by atoms with Gasteiger partial charge in [0.25, 0.3) is 0 Å². The molecule has 1 rings (SSSR count). The van der Waals surface area contributed by atoms with Gasteiger partial charge in [0.05, 0.1) is 14.2 Å². The summed E-state index contributed by atoms with van der Waals surface area (Å²) >= 11 is 0. The molecule has 0 saturated carbocycles. The van der Waals surface area contributed by atoms with E-state index < -0.39 is 11.9 Å². The maximum Gasteiger partial charge on any atom is 0.303 e. The van der Waals surface area contributed by atoms with Crippen molar-refractivity contribution < 1.29 is 29.3 Å². The Hall–Kier alpha value is -2.24. The van der Waals surface area contributed by atoms with Crippen molar-refractivity contribution in [3.05, 3.63) is 23.3 Å². The third-order valence-corrected chi connectivity index (χ3v) is 2.90. The zero-order valence-electron chi connectivity index (χ0n) is 11.5. The number of aliphatic carboxylic acids is 2. The summed E-state index contributed by atoms with van der Waals surface area (Å²) in [6.07, 6.45) is 0.643. The van der Waals surface area contributed by atoms with Gasteiger partial charge in [0.15, 0.2) is 0 Å². The van der Waals surface area contributed by atoms with E-state index in [1.165, 1.54) is 14.2 Å². The molecule has 0 aromatic heterocycles. The van der Waals surface area contributed by atoms with Gasteiger partial charge in [0.1, 0.15) is 11.5 Å². The van der Waals surface area contributed by atoms with Crippen LogP contribution in [-0.4, -0.2) is 36.4 Å². The first kappa shape index (κ1) is 15.8. The second-order valence-electron chi connectivity index (χ2n) is 4.26. The van der Waals surface area contributed by atoms with Crippen LogP contribution in [-0.2, 0) is 22.4 Å². The number of rotatable bonds is 8. The predicted octanol–water partition coefficient (Wildman–Crippen LogP) is 1.74. The maximum atomic E-state index is 10.6. The van der Waals surface area contributed by atoms with Gasteiger partial charge in [-0.1, -0.05) is 0 Å². The van der Waals surface area contributed by atoms with Crippen LogP contribution in [0.5, 0.6) is 11.5 Å². The topological polar surface area (TPSA) is 93.1 Å². The van der Waals surface area contributed by atoms with Crippen molar-refractivity contribution in [2.24, 2.45) is 0 Å². The van der Waals surface area contributed by atoms with Crippen LogP contribution >= 0.6 is 0 Å².